The molecule has 1 N–H and O–H groups in total. The van der Waals surface area contributed by atoms with E-state index in [9.17, 15) is 38.4 Å². The van der Waals surface area contributed by atoms with Gasteiger partial charge in [-0.2, -0.15) is 0 Å². The summed E-state index contributed by atoms with van der Waals surface area (Å²) >= 11 is 18.1. The molecule has 2 aromatic carbocycles. The Morgan fingerprint density at radius 2 is 1.05 bits per heavy atom. The van der Waals surface area contributed by atoms with Crippen LogP contribution in [-0.4, -0.2) is 89.1 Å². The number of benzene rings is 2. The van der Waals surface area contributed by atoms with Crippen LogP contribution in [0.3, 0.4) is 0 Å². The molecule has 2 saturated carbocycles. The summed E-state index contributed by atoms with van der Waals surface area (Å²) in [7, 11) is 3.05. The molecule has 0 aromatic heterocycles. The number of carboxylic acid groups (broad SMARTS) is 1. The number of carbonyl (C=O) groups excluding carboxylic acids is 7. The Morgan fingerprint density at radius 1 is 0.646 bits per heavy atom. The van der Waals surface area contributed by atoms with Crippen molar-refractivity contribution >= 4 is 82.1 Å². The molecule has 0 bridgehead atoms. The average Bonchev–Trinajstić information content (AvgIpc) is 3.23. The zero-order chi connectivity index (χ0) is 49.1. The van der Waals surface area contributed by atoms with Gasteiger partial charge >= 0.3 is 24.1 Å². The molecule has 0 spiro atoms. The van der Waals surface area contributed by atoms with Gasteiger partial charge in [0.25, 0.3) is 0 Å². The van der Waals surface area contributed by atoms with Crippen molar-refractivity contribution in [2.24, 2.45) is 23.7 Å². The van der Waals surface area contributed by atoms with Crippen LogP contribution in [0.1, 0.15) is 130 Å². The third-order valence-electron chi connectivity index (χ3n) is 11.5. The SMILES string of the molecule is CC(=O)C[C@@H](CC(C)C)C(=O)O.CC(=O)C[C@@H](CC(C)C)C(=O)OCOC(=O)N(C)[C@@]1(c2ccccc2Cl)CCCCC1=O.CN(C(=O)OCCl)[C@@]1(c2ccccc2Cl)CCCCC1=O. The zero-order valence-electron chi connectivity index (χ0n) is 38.8. The van der Waals surface area contributed by atoms with E-state index < -0.39 is 53.8 Å². The van der Waals surface area contributed by atoms with Crippen LogP contribution in [0.15, 0.2) is 48.5 Å². The van der Waals surface area contributed by atoms with Crippen LogP contribution < -0.4 is 0 Å². The van der Waals surface area contributed by atoms with Gasteiger partial charge in [0.2, 0.25) is 6.79 Å². The van der Waals surface area contributed by atoms with E-state index in [1.54, 1.807) is 49.5 Å². The summed E-state index contributed by atoms with van der Waals surface area (Å²) in [6.07, 6.45) is 4.78. The maximum absolute atomic E-state index is 13.1. The molecule has 2 aliphatic carbocycles. The normalized spacial score (nSPS) is 19.0. The molecule has 65 heavy (non-hydrogen) atoms. The second-order valence-electron chi connectivity index (χ2n) is 17.4. The minimum absolute atomic E-state index is 0.0177. The standard InChI is InChI=1S/C24H32ClNO6.C15H17Cl2NO3.C9H16O3/c1-16(2)13-18(14-17(3)27)22(29)31-15-32-23(30)26(4)24(12-8-7-11-21(24)28)19-9-5-6-10-20(19)25;1-18(14(20)21-10-16)15(9-5-4-8-13(15)19)11-6-2-3-7-12(11)17;1-6(2)4-8(9(11)12)5-7(3)10/h5-6,9-10,16,18H,7-8,11-15H2,1-4H3;2-3,6-7H,4-5,8-10H2,1H3;6,8H,4-5H2,1-3H3,(H,11,12)/t18-,24-;15-;8-/m111/s1. The molecule has 0 heterocycles. The number of nitrogens with zero attached hydrogens (tertiary/aromatic N) is 2. The van der Waals surface area contributed by atoms with Crippen LogP contribution in [0.25, 0.3) is 0 Å². The molecule has 0 unspecified atom stereocenters. The highest BCUT2D eigenvalue weighted by atomic mass is 35.5. The minimum atomic E-state index is -1.23. The molecule has 14 nitrogen and oxygen atoms in total. The first-order valence-electron chi connectivity index (χ1n) is 21.9. The Bertz CT molecular complexity index is 1980. The second-order valence-corrected chi connectivity index (χ2v) is 18.4. The lowest BCUT2D eigenvalue weighted by Crippen LogP contribution is -2.54. The fourth-order valence-corrected chi connectivity index (χ4v) is 9.11. The van der Waals surface area contributed by atoms with Crippen LogP contribution in [-0.2, 0) is 54.1 Å². The smallest absolute Gasteiger partial charge is 0.413 e. The summed E-state index contributed by atoms with van der Waals surface area (Å²) in [6.45, 7) is 10.1. The van der Waals surface area contributed by atoms with Gasteiger partial charge < -0.3 is 28.9 Å². The quantitative estimate of drug-likeness (QED) is 0.0898. The largest absolute Gasteiger partial charge is 0.481 e. The van der Waals surface area contributed by atoms with Crippen molar-refractivity contribution in [3.05, 3.63) is 69.7 Å². The van der Waals surface area contributed by atoms with E-state index in [1.165, 1.54) is 30.7 Å². The first-order chi connectivity index (χ1) is 30.6. The number of esters is 1. The topological polar surface area (TPSA) is 191 Å². The molecule has 4 atom stereocenters. The van der Waals surface area contributed by atoms with Crippen molar-refractivity contribution in [2.45, 2.75) is 130 Å². The van der Waals surface area contributed by atoms with Crippen molar-refractivity contribution in [3.8, 4) is 0 Å². The highest BCUT2D eigenvalue weighted by Crippen LogP contribution is 2.44. The van der Waals surface area contributed by atoms with Crippen molar-refractivity contribution in [3.63, 3.8) is 0 Å². The van der Waals surface area contributed by atoms with Crippen molar-refractivity contribution in [1.29, 1.82) is 0 Å². The van der Waals surface area contributed by atoms with Gasteiger partial charge in [-0.25, -0.2) is 9.59 Å². The van der Waals surface area contributed by atoms with E-state index in [4.69, 9.17) is 54.1 Å². The predicted molar refractivity (Wildman–Crippen MR) is 247 cm³/mol. The molecule has 2 aromatic rings. The first kappa shape index (κ1) is 56.6. The minimum Gasteiger partial charge on any atom is -0.481 e. The predicted octanol–water partition coefficient (Wildman–Crippen LogP) is 10.5. The number of aliphatic carboxylic acids is 1. The number of likely N-dealkylation sites (N-methyl/N-ethyl adjacent to an activating group) is 2. The molecule has 360 valence electrons. The summed E-state index contributed by atoms with van der Waals surface area (Å²) in [4.78, 5) is 98.4. The van der Waals surface area contributed by atoms with Gasteiger partial charge in [-0.1, -0.05) is 98.9 Å². The zero-order valence-corrected chi connectivity index (χ0v) is 41.1. The van der Waals surface area contributed by atoms with Gasteiger partial charge in [-0.05, 0) is 89.2 Å². The van der Waals surface area contributed by atoms with Gasteiger partial charge in [0, 0.05) is 61.0 Å². The van der Waals surface area contributed by atoms with Crippen LogP contribution in [0, 0.1) is 23.7 Å². The highest BCUT2D eigenvalue weighted by Gasteiger charge is 2.50. The van der Waals surface area contributed by atoms with Gasteiger partial charge in [0.15, 0.2) is 17.6 Å². The lowest BCUT2D eigenvalue weighted by molar-refractivity contribution is -0.160. The van der Waals surface area contributed by atoms with E-state index in [1.807, 2.05) is 33.8 Å². The number of carbonyl (C=O) groups is 8. The third-order valence-corrected chi connectivity index (χ3v) is 12.2. The number of hydrogen-bond acceptors (Lipinski definition) is 11. The molecule has 0 saturated heterocycles. The molecular weight excluding hydrogens is 903 g/mol. The summed E-state index contributed by atoms with van der Waals surface area (Å²) < 4.78 is 15.2. The molecule has 0 radical (unpaired) electrons. The number of hydrogen-bond donors (Lipinski definition) is 1. The lowest BCUT2D eigenvalue weighted by atomic mass is 9.74. The third kappa shape index (κ3) is 16.1. The van der Waals surface area contributed by atoms with Crippen LogP contribution in [0.5, 0.6) is 0 Å². The number of halogens is 3. The van der Waals surface area contributed by atoms with E-state index in [-0.39, 0.29) is 48.0 Å². The maximum Gasteiger partial charge on any atom is 0.413 e. The van der Waals surface area contributed by atoms with Crippen LogP contribution >= 0.6 is 34.8 Å². The van der Waals surface area contributed by atoms with Gasteiger partial charge in [0.1, 0.15) is 22.6 Å². The molecule has 2 aliphatic rings. The Hall–Kier alpha value is -4.53. The molecule has 2 amide bonds. The second kappa shape index (κ2) is 27.2. The van der Waals surface area contributed by atoms with E-state index in [0.717, 1.165) is 25.7 Å². The monoisotopic (exact) mass is 966 g/mol. The Balaban J connectivity index is 0.000000376. The summed E-state index contributed by atoms with van der Waals surface area (Å²) in [5.74, 6) is -2.29. The van der Waals surface area contributed by atoms with Gasteiger partial charge in [-0.15, -0.1) is 0 Å². The van der Waals surface area contributed by atoms with E-state index in [0.29, 0.717) is 65.6 Å². The van der Waals surface area contributed by atoms with E-state index >= 15 is 0 Å². The number of Topliss-reactive ketones (excluding diaryl/α,β-unsaturated/α-hetero) is 4. The number of amides is 2. The summed E-state index contributed by atoms with van der Waals surface area (Å²) in [5.41, 5.74) is -1.10. The number of carboxylic acids is 1. The molecule has 2 fully saturated rings. The Labute approximate surface area is 397 Å². The summed E-state index contributed by atoms with van der Waals surface area (Å²) in [6, 6.07) is 13.8. The van der Waals surface area contributed by atoms with E-state index in [2.05, 4.69) is 0 Å². The van der Waals surface area contributed by atoms with Crippen LogP contribution in [0.4, 0.5) is 9.59 Å². The number of rotatable bonds is 17. The number of ether oxygens (including phenoxy) is 3. The fraction of sp³-hybridized carbons (Fsp3) is 0.583. The lowest BCUT2D eigenvalue weighted by Gasteiger charge is -2.43. The fourth-order valence-electron chi connectivity index (χ4n) is 8.43. The molecule has 4 rings (SSSR count). The molecular formula is C48H65Cl3N2O12. The molecule has 17 heteroatoms. The van der Waals surface area contributed by atoms with Crippen molar-refractivity contribution in [1.82, 2.24) is 9.80 Å². The maximum atomic E-state index is 13.1. The van der Waals surface area contributed by atoms with Gasteiger partial charge in [-0.3, -0.25) is 29.0 Å². The first-order valence-corrected chi connectivity index (χ1v) is 23.2. The Morgan fingerprint density at radius 3 is 1.42 bits per heavy atom. The number of ketones is 4. The van der Waals surface area contributed by atoms with Crippen LogP contribution in [0.2, 0.25) is 10.0 Å². The molecule has 0 aliphatic heterocycles. The van der Waals surface area contributed by atoms with Crippen molar-refractivity contribution in [2.75, 3.05) is 27.0 Å². The van der Waals surface area contributed by atoms with Gasteiger partial charge in [0.05, 0.1) is 11.8 Å². The Kier molecular flexibility index (Phi) is 23.7. The average molecular weight is 968 g/mol. The number of alkyl halides is 1. The summed E-state index contributed by atoms with van der Waals surface area (Å²) in [5, 5.41) is 9.59. The van der Waals surface area contributed by atoms with Crippen molar-refractivity contribution < 1.29 is 57.7 Å². The highest BCUT2D eigenvalue weighted by molar-refractivity contribution is 6.32.